The number of benzene rings is 2. The maximum atomic E-state index is 13.0. The molecule has 0 fully saturated rings. The van der Waals surface area contributed by atoms with E-state index in [1.807, 2.05) is 32.9 Å². The molecule has 2 aromatic carbocycles. The van der Waals surface area contributed by atoms with Gasteiger partial charge >= 0.3 is 0 Å². The van der Waals surface area contributed by atoms with Crippen LogP contribution in [0.25, 0.3) is 11.0 Å². The van der Waals surface area contributed by atoms with Gasteiger partial charge in [-0.25, -0.2) is 9.97 Å². The van der Waals surface area contributed by atoms with Gasteiger partial charge in [0.15, 0.2) is 5.69 Å². The molecule has 6 nitrogen and oxygen atoms in total. The Morgan fingerprint density at radius 2 is 1.79 bits per heavy atom. The van der Waals surface area contributed by atoms with Gasteiger partial charge in [-0.2, -0.15) is 0 Å². The lowest BCUT2D eigenvalue weighted by atomic mass is 10.1. The molecule has 0 aliphatic heterocycles. The van der Waals surface area contributed by atoms with Crippen LogP contribution in [0.5, 0.6) is 11.6 Å². The van der Waals surface area contributed by atoms with Crippen molar-refractivity contribution >= 4 is 34.2 Å². The topological polar surface area (TPSA) is 73.3 Å². The molecule has 0 radical (unpaired) electrons. The summed E-state index contributed by atoms with van der Waals surface area (Å²) >= 11 is 6.05. The maximum absolute atomic E-state index is 13.0. The standard InChI is InChI=1S/C21H22ClN3O3/c1-5-8-28-21-19(23-15-9-12(2)13(3)10-16(15)25-21)20(26)24-17-11-14(22)6-7-18(17)27-4/h6-7,9-11H,5,8H2,1-4H3,(H,24,26). The van der Waals surface area contributed by atoms with Crippen molar-refractivity contribution < 1.29 is 14.3 Å². The number of fused-ring (bicyclic) bond motifs is 1. The number of carbonyl (C=O) groups excluding carboxylic acids is 1. The Bertz CT molecular complexity index is 1040. The first-order valence-corrected chi connectivity index (χ1v) is 9.37. The minimum atomic E-state index is -0.445. The molecule has 1 heterocycles. The number of aryl methyl sites for hydroxylation is 2. The van der Waals surface area contributed by atoms with Crippen LogP contribution in [0.1, 0.15) is 35.0 Å². The minimum absolute atomic E-state index is 0.117. The van der Waals surface area contributed by atoms with Crippen LogP contribution >= 0.6 is 11.6 Å². The fraction of sp³-hybridized carbons (Fsp3) is 0.286. The Balaban J connectivity index is 2.05. The number of hydrogen-bond acceptors (Lipinski definition) is 5. The Kier molecular flexibility index (Phi) is 5.99. The molecule has 0 saturated heterocycles. The summed E-state index contributed by atoms with van der Waals surface area (Å²) in [6.45, 7) is 6.42. The minimum Gasteiger partial charge on any atom is -0.495 e. The van der Waals surface area contributed by atoms with E-state index in [0.717, 1.165) is 17.5 Å². The van der Waals surface area contributed by atoms with E-state index in [0.29, 0.717) is 34.1 Å². The molecule has 0 saturated carbocycles. The smallest absolute Gasteiger partial charge is 0.280 e. The number of carbonyl (C=O) groups is 1. The molecule has 0 spiro atoms. The van der Waals surface area contributed by atoms with Crippen molar-refractivity contribution in [3.63, 3.8) is 0 Å². The highest BCUT2D eigenvalue weighted by molar-refractivity contribution is 6.31. The second kappa shape index (κ2) is 8.44. The van der Waals surface area contributed by atoms with Gasteiger partial charge in [0.2, 0.25) is 5.88 Å². The van der Waals surface area contributed by atoms with Crippen molar-refractivity contribution in [3.05, 3.63) is 52.2 Å². The zero-order valence-electron chi connectivity index (χ0n) is 16.3. The molecule has 1 N–H and O–H groups in total. The third-order valence-corrected chi connectivity index (χ3v) is 4.55. The molecule has 3 rings (SSSR count). The highest BCUT2D eigenvalue weighted by atomic mass is 35.5. The number of methoxy groups -OCH3 is 1. The van der Waals surface area contributed by atoms with Gasteiger partial charge in [0.05, 0.1) is 30.4 Å². The van der Waals surface area contributed by atoms with Crippen LogP contribution in [0.15, 0.2) is 30.3 Å². The summed E-state index contributed by atoms with van der Waals surface area (Å²) in [5.41, 5.74) is 4.06. The van der Waals surface area contributed by atoms with Crippen molar-refractivity contribution in [2.24, 2.45) is 0 Å². The van der Waals surface area contributed by atoms with Crippen molar-refractivity contribution in [1.82, 2.24) is 9.97 Å². The molecule has 0 aliphatic rings. The Morgan fingerprint density at radius 1 is 1.11 bits per heavy atom. The van der Waals surface area contributed by atoms with Gasteiger partial charge in [-0.05, 0) is 61.7 Å². The van der Waals surface area contributed by atoms with Gasteiger partial charge in [-0.15, -0.1) is 0 Å². The SMILES string of the molecule is CCCOc1nc2cc(C)c(C)cc2nc1C(=O)Nc1cc(Cl)ccc1OC. The number of hydrogen-bond donors (Lipinski definition) is 1. The van der Waals surface area contributed by atoms with Crippen LogP contribution in [-0.2, 0) is 0 Å². The number of nitrogens with zero attached hydrogens (tertiary/aromatic N) is 2. The molecule has 1 aromatic heterocycles. The van der Waals surface area contributed by atoms with Crippen molar-refractivity contribution in [2.75, 3.05) is 19.0 Å². The summed E-state index contributed by atoms with van der Waals surface area (Å²) < 4.78 is 11.0. The van der Waals surface area contributed by atoms with Gasteiger partial charge in [-0.3, -0.25) is 4.79 Å². The van der Waals surface area contributed by atoms with Gasteiger partial charge in [0, 0.05) is 5.02 Å². The van der Waals surface area contributed by atoms with Gasteiger partial charge < -0.3 is 14.8 Å². The Morgan fingerprint density at radius 3 is 2.43 bits per heavy atom. The van der Waals surface area contributed by atoms with Crippen LogP contribution in [0.4, 0.5) is 5.69 Å². The summed E-state index contributed by atoms with van der Waals surface area (Å²) in [5.74, 6) is 0.254. The number of amides is 1. The molecule has 0 atom stereocenters. The molecular weight excluding hydrogens is 378 g/mol. The normalized spacial score (nSPS) is 10.8. The van der Waals surface area contributed by atoms with E-state index in [4.69, 9.17) is 21.1 Å². The highest BCUT2D eigenvalue weighted by Crippen LogP contribution is 2.29. The lowest BCUT2D eigenvalue weighted by Crippen LogP contribution is -2.17. The Hall–Kier alpha value is -2.86. The monoisotopic (exact) mass is 399 g/mol. The molecular formula is C21H22ClN3O3. The number of aromatic nitrogens is 2. The largest absolute Gasteiger partial charge is 0.495 e. The lowest BCUT2D eigenvalue weighted by molar-refractivity contribution is 0.101. The predicted molar refractivity (Wildman–Crippen MR) is 111 cm³/mol. The average Bonchev–Trinajstić information content (AvgIpc) is 2.67. The van der Waals surface area contributed by atoms with Crippen molar-refractivity contribution in [3.8, 4) is 11.6 Å². The third kappa shape index (κ3) is 4.17. The molecule has 0 bridgehead atoms. The number of anilines is 1. The van der Waals surface area contributed by atoms with E-state index in [9.17, 15) is 4.79 Å². The van der Waals surface area contributed by atoms with Crippen molar-refractivity contribution in [2.45, 2.75) is 27.2 Å². The fourth-order valence-electron chi connectivity index (χ4n) is 2.70. The van der Waals surface area contributed by atoms with Gasteiger partial charge in [0.25, 0.3) is 5.91 Å². The van der Waals surface area contributed by atoms with E-state index in [1.54, 1.807) is 18.2 Å². The van der Waals surface area contributed by atoms with Gasteiger partial charge in [0.1, 0.15) is 5.75 Å². The van der Waals surface area contributed by atoms with Crippen molar-refractivity contribution in [1.29, 1.82) is 0 Å². The second-order valence-electron chi connectivity index (χ2n) is 6.45. The zero-order chi connectivity index (χ0) is 20.3. The summed E-state index contributed by atoms with van der Waals surface area (Å²) in [5, 5.41) is 3.28. The summed E-state index contributed by atoms with van der Waals surface area (Å²) in [6, 6.07) is 8.85. The maximum Gasteiger partial charge on any atom is 0.280 e. The molecule has 0 aliphatic carbocycles. The second-order valence-corrected chi connectivity index (χ2v) is 6.89. The molecule has 28 heavy (non-hydrogen) atoms. The molecule has 146 valence electrons. The first-order chi connectivity index (χ1) is 13.4. The van der Waals surface area contributed by atoms with Gasteiger partial charge in [-0.1, -0.05) is 18.5 Å². The molecule has 3 aromatic rings. The van der Waals surface area contributed by atoms with E-state index in [-0.39, 0.29) is 11.6 Å². The molecule has 0 unspecified atom stereocenters. The van der Waals surface area contributed by atoms with Crippen LogP contribution < -0.4 is 14.8 Å². The van der Waals surface area contributed by atoms with E-state index >= 15 is 0 Å². The Labute approximate surface area is 168 Å². The number of ether oxygens (including phenoxy) is 2. The van der Waals surface area contributed by atoms with Crippen LogP contribution in [0.3, 0.4) is 0 Å². The first kappa shape index (κ1) is 19.9. The van der Waals surface area contributed by atoms with E-state index < -0.39 is 5.91 Å². The van der Waals surface area contributed by atoms with E-state index in [2.05, 4.69) is 15.3 Å². The zero-order valence-corrected chi connectivity index (χ0v) is 17.1. The summed E-state index contributed by atoms with van der Waals surface area (Å²) in [4.78, 5) is 22.0. The number of halogens is 1. The van der Waals surface area contributed by atoms with Crippen LogP contribution in [0, 0.1) is 13.8 Å². The average molecular weight is 400 g/mol. The number of rotatable bonds is 6. The molecule has 1 amide bonds. The fourth-order valence-corrected chi connectivity index (χ4v) is 2.87. The van der Waals surface area contributed by atoms with E-state index in [1.165, 1.54) is 7.11 Å². The number of nitrogens with one attached hydrogen (secondary N) is 1. The van der Waals surface area contributed by atoms with Crippen LogP contribution in [-0.4, -0.2) is 29.6 Å². The third-order valence-electron chi connectivity index (χ3n) is 4.32. The molecule has 7 heteroatoms. The highest BCUT2D eigenvalue weighted by Gasteiger charge is 2.20. The predicted octanol–water partition coefficient (Wildman–Crippen LogP) is 4.95. The van der Waals surface area contributed by atoms with Crippen LogP contribution in [0.2, 0.25) is 5.02 Å². The quantitative estimate of drug-likeness (QED) is 0.634. The summed E-state index contributed by atoms with van der Waals surface area (Å²) in [6.07, 6.45) is 0.788. The lowest BCUT2D eigenvalue weighted by Gasteiger charge is -2.13. The summed E-state index contributed by atoms with van der Waals surface area (Å²) in [7, 11) is 1.52. The first-order valence-electron chi connectivity index (χ1n) is 8.99.